The molecule has 0 aliphatic heterocycles. The van der Waals surface area contributed by atoms with Gasteiger partial charge in [-0.1, -0.05) is 12.8 Å². The van der Waals surface area contributed by atoms with Gasteiger partial charge in [0.05, 0.1) is 0 Å². The first-order valence-corrected chi connectivity index (χ1v) is 8.29. The fraction of sp³-hybridized carbons (Fsp3) is 1.00. The Morgan fingerprint density at radius 2 is 1.35 bits per heavy atom. The van der Waals surface area contributed by atoms with Gasteiger partial charge in [-0.25, -0.2) is 4.39 Å². The number of nitrogens with two attached hydrogens (primary N) is 1. The third-order valence-corrected chi connectivity index (χ3v) is 6.14. The lowest BCUT2D eigenvalue weighted by Crippen LogP contribution is -2.23. The van der Waals surface area contributed by atoms with Crippen LogP contribution < -0.4 is 5.73 Å². The highest BCUT2D eigenvalue weighted by molar-refractivity contribution is 7.72. The van der Waals surface area contributed by atoms with Gasteiger partial charge in [0.15, 0.2) is 0 Å². The molecule has 17 heavy (non-hydrogen) atoms. The molecule has 0 saturated carbocycles. The Kier molecular flexibility index (Phi) is 6.46. The predicted octanol–water partition coefficient (Wildman–Crippen LogP) is 0.874. The molecular formula is C7H18FNO6P2. The Bertz CT molecular complexity index is 304. The number of hydrogen-bond donors (Lipinski definition) is 5. The SMILES string of the molecule is NCCCCCCC(F)(P(=O)(O)O)P(=O)(O)O. The van der Waals surface area contributed by atoms with E-state index in [-0.39, 0.29) is 6.42 Å². The summed E-state index contributed by atoms with van der Waals surface area (Å²) in [5.41, 5.74) is 5.21. The van der Waals surface area contributed by atoms with Crippen molar-refractivity contribution in [1.82, 2.24) is 0 Å². The second-order valence-electron chi connectivity index (χ2n) is 3.76. The van der Waals surface area contributed by atoms with Crippen molar-refractivity contribution in [3.63, 3.8) is 0 Å². The normalized spacial score (nSPS) is 14.0. The molecule has 0 fully saturated rings. The summed E-state index contributed by atoms with van der Waals surface area (Å²) in [6.07, 6.45) is 0.807. The van der Waals surface area contributed by atoms with Gasteiger partial charge in [0, 0.05) is 6.42 Å². The highest BCUT2D eigenvalue weighted by atomic mass is 31.2. The minimum atomic E-state index is -5.52. The Labute approximate surface area is 98.5 Å². The number of unbranched alkanes of at least 4 members (excludes halogenated alkanes) is 3. The summed E-state index contributed by atoms with van der Waals surface area (Å²) < 4.78 is 35.4. The van der Waals surface area contributed by atoms with Gasteiger partial charge in [-0.15, -0.1) is 0 Å². The molecule has 0 rings (SSSR count). The van der Waals surface area contributed by atoms with Crippen LogP contribution in [0.2, 0.25) is 0 Å². The van der Waals surface area contributed by atoms with Crippen LogP contribution in [0.1, 0.15) is 32.1 Å². The zero-order valence-electron chi connectivity index (χ0n) is 9.20. The van der Waals surface area contributed by atoms with E-state index in [1.54, 1.807) is 0 Å². The summed E-state index contributed by atoms with van der Waals surface area (Å²) in [4.78, 5) is 34.8. The fourth-order valence-corrected chi connectivity index (χ4v) is 3.57. The van der Waals surface area contributed by atoms with Crippen LogP contribution in [-0.2, 0) is 9.13 Å². The lowest BCUT2D eigenvalue weighted by Gasteiger charge is -2.26. The van der Waals surface area contributed by atoms with E-state index < -0.39 is 26.8 Å². The molecular weight excluding hydrogens is 275 g/mol. The molecule has 0 radical (unpaired) electrons. The summed E-state index contributed by atoms with van der Waals surface area (Å²) >= 11 is 0. The van der Waals surface area contributed by atoms with Crippen LogP contribution in [0.3, 0.4) is 0 Å². The molecule has 0 saturated heterocycles. The summed E-state index contributed by atoms with van der Waals surface area (Å²) in [7, 11) is -11.0. The third-order valence-electron chi connectivity index (χ3n) is 2.34. The van der Waals surface area contributed by atoms with Gasteiger partial charge in [-0.3, -0.25) is 9.13 Å². The molecule has 0 aliphatic carbocycles. The first kappa shape index (κ1) is 17.2. The maximum Gasteiger partial charge on any atom is 0.375 e. The van der Waals surface area contributed by atoms with Gasteiger partial charge in [0.25, 0.3) is 0 Å². The summed E-state index contributed by atoms with van der Waals surface area (Å²) in [6.45, 7) is 0.442. The lowest BCUT2D eigenvalue weighted by molar-refractivity contribution is 0.210. The van der Waals surface area contributed by atoms with E-state index in [2.05, 4.69) is 0 Å². The van der Waals surface area contributed by atoms with E-state index in [0.29, 0.717) is 25.8 Å². The molecule has 0 aromatic heterocycles. The van der Waals surface area contributed by atoms with E-state index in [1.807, 2.05) is 0 Å². The Hall–Kier alpha value is 0.190. The number of halogens is 1. The van der Waals surface area contributed by atoms with Crippen molar-refractivity contribution >= 4 is 15.2 Å². The summed E-state index contributed by atoms with van der Waals surface area (Å²) in [6, 6.07) is 0. The first-order valence-electron chi connectivity index (χ1n) is 5.06. The highest BCUT2D eigenvalue weighted by Gasteiger charge is 2.60. The van der Waals surface area contributed by atoms with E-state index in [0.717, 1.165) is 0 Å². The first-order chi connectivity index (χ1) is 7.56. The second kappa shape index (κ2) is 6.38. The third kappa shape index (κ3) is 4.75. The van der Waals surface area contributed by atoms with Gasteiger partial charge >= 0.3 is 20.3 Å². The molecule has 0 aliphatic rings. The highest BCUT2D eigenvalue weighted by Crippen LogP contribution is 2.71. The van der Waals surface area contributed by atoms with Crippen molar-refractivity contribution in [1.29, 1.82) is 0 Å². The lowest BCUT2D eigenvalue weighted by atomic mass is 10.1. The molecule has 104 valence electrons. The smallest absolute Gasteiger partial charge is 0.330 e. The van der Waals surface area contributed by atoms with E-state index >= 15 is 0 Å². The number of hydrogen-bond acceptors (Lipinski definition) is 3. The maximum atomic E-state index is 13.8. The summed E-state index contributed by atoms with van der Waals surface area (Å²) in [5, 5.41) is -3.78. The van der Waals surface area contributed by atoms with Crippen molar-refractivity contribution in [2.75, 3.05) is 6.54 Å². The quantitative estimate of drug-likeness (QED) is 0.330. The molecule has 0 aromatic carbocycles. The molecule has 6 N–H and O–H groups in total. The largest absolute Gasteiger partial charge is 0.375 e. The van der Waals surface area contributed by atoms with Crippen molar-refractivity contribution in [2.45, 2.75) is 37.3 Å². The van der Waals surface area contributed by atoms with Crippen LogP contribution >= 0.6 is 15.2 Å². The standard InChI is InChI=1S/C7H18FNO6P2/c8-7(16(10,11)12,17(13,14)15)5-3-1-2-4-6-9/h1-6,9H2,(H2,10,11,12)(H2,13,14,15). The van der Waals surface area contributed by atoms with Crippen molar-refractivity contribution in [3.8, 4) is 0 Å². The fourth-order valence-electron chi connectivity index (χ4n) is 1.31. The van der Waals surface area contributed by atoms with Gasteiger partial charge in [0.1, 0.15) is 0 Å². The van der Waals surface area contributed by atoms with Crippen molar-refractivity contribution in [3.05, 3.63) is 0 Å². The second-order valence-corrected chi connectivity index (χ2v) is 7.71. The molecule has 0 amide bonds. The van der Waals surface area contributed by atoms with Crippen LogP contribution in [0.5, 0.6) is 0 Å². The van der Waals surface area contributed by atoms with Crippen molar-refractivity contribution < 1.29 is 33.1 Å². The Balaban J connectivity index is 4.55. The molecule has 0 spiro atoms. The van der Waals surface area contributed by atoms with Gasteiger partial charge in [0.2, 0.25) is 0 Å². The molecule has 7 nitrogen and oxygen atoms in total. The van der Waals surface area contributed by atoms with Crippen LogP contribution in [0, 0.1) is 0 Å². The molecule has 0 aromatic rings. The Morgan fingerprint density at radius 3 is 1.71 bits per heavy atom. The average molecular weight is 293 g/mol. The topological polar surface area (TPSA) is 141 Å². The number of rotatable bonds is 8. The van der Waals surface area contributed by atoms with Crippen LogP contribution in [0.4, 0.5) is 4.39 Å². The maximum absolute atomic E-state index is 13.8. The van der Waals surface area contributed by atoms with Gasteiger partial charge < -0.3 is 25.3 Å². The minimum absolute atomic E-state index is 0.0211. The van der Waals surface area contributed by atoms with E-state index in [4.69, 9.17) is 25.3 Å². The zero-order chi connectivity index (χ0) is 13.7. The van der Waals surface area contributed by atoms with Crippen LogP contribution in [-0.4, -0.2) is 31.3 Å². The predicted molar refractivity (Wildman–Crippen MR) is 60.1 cm³/mol. The van der Waals surface area contributed by atoms with E-state index in [1.165, 1.54) is 0 Å². The van der Waals surface area contributed by atoms with Crippen LogP contribution in [0.15, 0.2) is 0 Å². The van der Waals surface area contributed by atoms with Gasteiger partial charge in [-0.05, 0) is 19.4 Å². The monoisotopic (exact) mass is 293 g/mol. The molecule has 10 heteroatoms. The molecule has 0 unspecified atom stereocenters. The molecule has 0 heterocycles. The summed E-state index contributed by atoms with van der Waals surface area (Å²) in [5.74, 6) is 0. The van der Waals surface area contributed by atoms with Gasteiger partial charge in [-0.2, -0.15) is 0 Å². The molecule has 0 bridgehead atoms. The van der Waals surface area contributed by atoms with Crippen molar-refractivity contribution in [2.24, 2.45) is 5.73 Å². The average Bonchev–Trinajstić information content (AvgIpc) is 2.13. The Morgan fingerprint density at radius 1 is 0.941 bits per heavy atom. The molecule has 0 atom stereocenters. The van der Waals surface area contributed by atoms with Crippen LogP contribution in [0.25, 0.3) is 0 Å². The number of alkyl halides is 1. The zero-order valence-corrected chi connectivity index (χ0v) is 11.0. The minimum Gasteiger partial charge on any atom is -0.330 e. The van der Waals surface area contributed by atoms with E-state index in [9.17, 15) is 13.5 Å².